The van der Waals surface area contributed by atoms with E-state index in [1.807, 2.05) is 0 Å². The first kappa shape index (κ1) is 14.4. The van der Waals surface area contributed by atoms with E-state index in [0.29, 0.717) is 11.3 Å². The summed E-state index contributed by atoms with van der Waals surface area (Å²) in [6.45, 7) is 0. The van der Waals surface area contributed by atoms with Crippen molar-refractivity contribution in [3.05, 3.63) is 36.2 Å². The highest BCUT2D eigenvalue weighted by Gasteiger charge is 2.16. The Hall–Kier alpha value is -2.06. The van der Waals surface area contributed by atoms with Gasteiger partial charge in [-0.05, 0) is 18.2 Å². The van der Waals surface area contributed by atoms with E-state index in [-0.39, 0.29) is 10.6 Å². The van der Waals surface area contributed by atoms with E-state index in [1.54, 1.807) is 0 Å². The van der Waals surface area contributed by atoms with Crippen LogP contribution in [0.5, 0.6) is 5.75 Å². The number of hydrogen-bond acceptors (Lipinski definition) is 5. The van der Waals surface area contributed by atoms with Crippen LogP contribution < -0.4 is 10.1 Å². The molecule has 2 rings (SSSR count). The molecule has 7 nitrogen and oxygen atoms in total. The number of carbonyl (C=O) groups excluding carboxylic acids is 1. The molecule has 0 aliphatic rings. The van der Waals surface area contributed by atoms with E-state index in [9.17, 15) is 13.2 Å². The standard InChI is InChI=1S/C11H10ClN3O4S/c1-19-10-3-2-8(20(12,17)18)4-9(10)15-11(16)7-5-13-14-6-7/h2-6H,1H3,(H,13,14)(H,15,16). The average molecular weight is 316 g/mol. The zero-order valence-corrected chi connectivity index (χ0v) is 11.8. The molecular formula is C11H10ClN3O4S. The Morgan fingerprint density at radius 2 is 2.20 bits per heavy atom. The molecule has 1 amide bonds. The summed E-state index contributed by atoms with van der Waals surface area (Å²) in [5, 5.41) is 8.68. The summed E-state index contributed by atoms with van der Waals surface area (Å²) in [5.41, 5.74) is 0.492. The number of nitrogens with one attached hydrogen (secondary N) is 2. The predicted molar refractivity (Wildman–Crippen MR) is 72.6 cm³/mol. The van der Waals surface area contributed by atoms with Gasteiger partial charge in [-0.2, -0.15) is 5.10 Å². The molecule has 1 aromatic heterocycles. The molecule has 1 heterocycles. The highest BCUT2D eigenvalue weighted by molar-refractivity contribution is 8.13. The van der Waals surface area contributed by atoms with Crippen molar-refractivity contribution >= 4 is 31.3 Å². The van der Waals surface area contributed by atoms with Crippen molar-refractivity contribution in [2.45, 2.75) is 4.90 Å². The van der Waals surface area contributed by atoms with E-state index >= 15 is 0 Å². The Morgan fingerprint density at radius 3 is 2.75 bits per heavy atom. The molecule has 1 aromatic carbocycles. The minimum absolute atomic E-state index is 0.137. The second-order valence-electron chi connectivity index (χ2n) is 3.74. The Labute approximate surface area is 119 Å². The number of rotatable bonds is 4. The van der Waals surface area contributed by atoms with Gasteiger partial charge in [0, 0.05) is 16.9 Å². The van der Waals surface area contributed by atoms with Crippen LogP contribution in [0.4, 0.5) is 5.69 Å². The molecule has 0 aliphatic heterocycles. The van der Waals surface area contributed by atoms with Crippen molar-refractivity contribution < 1.29 is 17.9 Å². The van der Waals surface area contributed by atoms with E-state index in [1.165, 1.54) is 37.7 Å². The summed E-state index contributed by atoms with van der Waals surface area (Å²) in [6.07, 6.45) is 2.74. The summed E-state index contributed by atoms with van der Waals surface area (Å²) >= 11 is 0. The number of benzene rings is 1. The van der Waals surface area contributed by atoms with Gasteiger partial charge in [-0.3, -0.25) is 9.89 Å². The zero-order chi connectivity index (χ0) is 14.8. The lowest BCUT2D eigenvalue weighted by Gasteiger charge is -2.10. The topological polar surface area (TPSA) is 101 Å². The van der Waals surface area contributed by atoms with Crippen molar-refractivity contribution in [3.63, 3.8) is 0 Å². The number of halogens is 1. The van der Waals surface area contributed by atoms with Gasteiger partial charge in [0.2, 0.25) is 0 Å². The number of methoxy groups -OCH3 is 1. The molecule has 0 aliphatic carbocycles. The average Bonchev–Trinajstić information content (AvgIpc) is 2.91. The quantitative estimate of drug-likeness (QED) is 0.834. The van der Waals surface area contributed by atoms with Crippen LogP contribution in [0, 0.1) is 0 Å². The first-order valence-corrected chi connectivity index (χ1v) is 7.65. The molecule has 0 spiro atoms. The minimum Gasteiger partial charge on any atom is -0.495 e. The van der Waals surface area contributed by atoms with E-state index in [0.717, 1.165) is 0 Å². The van der Waals surface area contributed by atoms with Crippen molar-refractivity contribution in [1.29, 1.82) is 0 Å². The van der Waals surface area contributed by atoms with Crippen LogP contribution in [0.1, 0.15) is 10.4 Å². The highest BCUT2D eigenvalue weighted by Crippen LogP contribution is 2.29. The molecule has 9 heteroatoms. The van der Waals surface area contributed by atoms with Crippen LogP contribution in [0.3, 0.4) is 0 Å². The second-order valence-corrected chi connectivity index (χ2v) is 6.31. The van der Waals surface area contributed by atoms with E-state index in [2.05, 4.69) is 15.5 Å². The Bertz CT molecular complexity index is 728. The number of aromatic amines is 1. The normalized spacial score (nSPS) is 11.1. The van der Waals surface area contributed by atoms with Gasteiger partial charge < -0.3 is 10.1 Å². The molecular weight excluding hydrogens is 306 g/mol. The second kappa shape index (κ2) is 5.51. The zero-order valence-electron chi connectivity index (χ0n) is 10.3. The lowest BCUT2D eigenvalue weighted by molar-refractivity contribution is 0.102. The predicted octanol–water partition coefficient (Wildman–Crippen LogP) is 1.60. The van der Waals surface area contributed by atoms with Crippen LogP contribution in [0.25, 0.3) is 0 Å². The Balaban J connectivity index is 2.37. The molecule has 0 bridgehead atoms. The van der Waals surface area contributed by atoms with Gasteiger partial charge in [-0.1, -0.05) is 0 Å². The largest absolute Gasteiger partial charge is 0.495 e. The third-order valence-corrected chi connectivity index (χ3v) is 3.81. The van der Waals surface area contributed by atoms with Crippen molar-refractivity contribution in [1.82, 2.24) is 10.2 Å². The molecule has 2 aromatic rings. The summed E-state index contributed by atoms with van der Waals surface area (Å²) in [7, 11) is 2.77. The number of ether oxygens (including phenoxy) is 1. The van der Waals surface area contributed by atoms with Gasteiger partial charge in [0.1, 0.15) is 5.75 Å². The molecule has 0 fully saturated rings. The number of amides is 1. The molecule has 106 valence electrons. The van der Waals surface area contributed by atoms with Crippen molar-refractivity contribution in [2.24, 2.45) is 0 Å². The first-order chi connectivity index (χ1) is 9.41. The third-order valence-electron chi connectivity index (χ3n) is 2.46. The van der Waals surface area contributed by atoms with Crippen LogP contribution in [0.2, 0.25) is 0 Å². The van der Waals surface area contributed by atoms with Gasteiger partial charge >= 0.3 is 0 Å². The van der Waals surface area contributed by atoms with Gasteiger partial charge in [-0.25, -0.2) is 8.42 Å². The number of anilines is 1. The maximum Gasteiger partial charge on any atom is 0.261 e. The van der Waals surface area contributed by atoms with Gasteiger partial charge in [0.15, 0.2) is 0 Å². The van der Waals surface area contributed by atoms with Gasteiger partial charge in [0.05, 0.1) is 29.5 Å². The SMILES string of the molecule is COc1ccc(S(=O)(=O)Cl)cc1NC(=O)c1cn[nH]c1. The van der Waals surface area contributed by atoms with Gasteiger partial charge in [0.25, 0.3) is 15.0 Å². The number of nitrogens with zero attached hydrogens (tertiary/aromatic N) is 1. The number of H-pyrrole nitrogens is 1. The van der Waals surface area contributed by atoms with Crippen LogP contribution in [-0.2, 0) is 9.05 Å². The smallest absolute Gasteiger partial charge is 0.261 e. The number of hydrogen-bond donors (Lipinski definition) is 2. The van der Waals surface area contributed by atoms with Crippen molar-refractivity contribution in [2.75, 3.05) is 12.4 Å². The molecule has 0 unspecified atom stereocenters. The Kier molecular flexibility index (Phi) is 3.96. The maximum absolute atomic E-state index is 11.9. The fourth-order valence-electron chi connectivity index (χ4n) is 1.51. The molecule has 20 heavy (non-hydrogen) atoms. The van der Waals surface area contributed by atoms with E-state index in [4.69, 9.17) is 15.4 Å². The molecule has 2 N–H and O–H groups in total. The summed E-state index contributed by atoms with van der Waals surface area (Å²) < 4.78 is 27.6. The summed E-state index contributed by atoms with van der Waals surface area (Å²) in [5.74, 6) is -0.146. The highest BCUT2D eigenvalue weighted by atomic mass is 35.7. The fraction of sp³-hybridized carbons (Fsp3) is 0.0909. The lowest BCUT2D eigenvalue weighted by atomic mass is 10.2. The number of carbonyl (C=O) groups is 1. The van der Waals surface area contributed by atoms with Crippen LogP contribution >= 0.6 is 10.7 Å². The monoisotopic (exact) mass is 315 g/mol. The van der Waals surface area contributed by atoms with E-state index < -0.39 is 15.0 Å². The van der Waals surface area contributed by atoms with Crippen LogP contribution in [-0.4, -0.2) is 31.6 Å². The maximum atomic E-state index is 11.9. The molecule has 0 saturated heterocycles. The molecule has 0 atom stereocenters. The third kappa shape index (κ3) is 3.09. The van der Waals surface area contributed by atoms with Crippen LogP contribution in [0.15, 0.2) is 35.5 Å². The Morgan fingerprint density at radius 1 is 1.45 bits per heavy atom. The fourth-order valence-corrected chi connectivity index (χ4v) is 2.28. The minimum atomic E-state index is -3.89. The van der Waals surface area contributed by atoms with Gasteiger partial charge in [-0.15, -0.1) is 0 Å². The van der Waals surface area contributed by atoms with Crippen molar-refractivity contribution in [3.8, 4) is 5.75 Å². The summed E-state index contributed by atoms with van der Waals surface area (Å²) in [4.78, 5) is 11.8. The lowest BCUT2D eigenvalue weighted by Crippen LogP contribution is -2.12. The summed E-state index contributed by atoms with van der Waals surface area (Å²) in [6, 6.07) is 3.91. The molecule has 0 radical (unpaired) electrons. The first-order valence-electron chi connectivity index (χ1n) is 5.34. The molecule has 0 saturated carbocycles. The number of aromatic nitrogens is 2.